The van der Waals surface area contributed by atoms with E-state index in [1.54, 1.807) is 11.9 Å². The first-order valence-corrected chi connectivity index (χ1v) is 4.58. The van der Waals surface area contributed by atoms with Crippen LogP contribution in [0.1, 0.15) is 6.42 Å². The number of esters is 1. The number of hydrogen-bond donors (Lipinski definition) is 1. The number of likely N-dealkylation sites (tertiary alicyclic amines) is 1. The van der Waals surface area contributed by atoms with E-state index in [-0.39, 0.29) is 12.6 Å². The minimum Gasteiger partial charge on any atom is -0.436 e. The molecule has 0 unspecified atom stereocenters. The molecule has 0 aromatic heterocycles. The maximum Gasteiger partial charge on any atom is 0.490 e. The number of nitrogens with zero attached hydrogens (tertiary/aromatic N) is 1. The van der Waals surface area contributed by atoms with Gasteiger partial charge in [-0.2, -0.15) is 13.2 Å². The number of carbonyl (C=O) groups is 1. The zero-order valence-electron chi connectivity index (χ0n) is 8.10. The largest absolute Gasteiger partial charge is 0.490 e. The SMILES string of the molecule is CN1C[C@@H]2C[C@]1(OC(=O)C(F)(F)F)CN2. The summed E-state index contributed by atoms with van der Waals surface area (Å²) < 4.78 is 40.7. The van der Waals surface area contributed by atoms with Gasteiger partial charge in [0, 0.05) is 19.0 Å². The fourth-order valence-electron chi connectivity index (χ4n) is 2.14. The van der Waals surface area contributed by atoms with E-state index in [2.05, 4.69) is 10.1 Å². The zero-order chi connectivity index (χ0) is 11.3. The molecule has 4 nitrogen and oxygen atoms in total. The Labute approximate surface area is 84.4 Å². The van der Waals surface area contributed by atoms with Crippen LogP contribution in [0.25, 0.3) is 0 Å². The molecule has 0 aromatic rings. The van der Waals surface area contributed by atoms with Gasteiger partial charge in [-0.05, 0) is 7.05 Å². The van der Waals surface area contributed by atoms with Crippen molar-refractivity contribution in [2.75, 3.05) is 20.1 Å². The summed E-state index contributed by atoms with van der Waals surface area (Å²) >= 11 is 0. The fraction of sp³-hybridized carbons (Fsp3) is 0.875. The minimum absolute atomic E-state index is 0.121. The van der Waals surface area contributed by atoms with Gasteiger partial charge in [0.1, 0.15) is 0 Å². The Morgan fingerprint density at radius 2 is 2.27 bits per heavy atom. The Hall–Kier alpha value is -0.820. The highest BCUT2D eigenvalue weighted by Gasteiger charge is 2.55. The van der Waals surface area contributed by atoms with E-state index in [9.17, 15) is 18.0 Å². The highest BCUT2D eigenvalue weighted by Crippen LogP contribution is 2.35. The van der Waals surface area contributed by atoms with Crippen molar-refractivity contribution in [3.8, 4) is 0 Å². The van der Waals surface area contributed by atoms with Crippen LogP contribution in [0.5, 0.6) is 0 Å². The molecule has 2 rings (SSSR count). The Morgan fingerprint density at radius 1 is 1.60 bits per heavy atom. The maximum absolute atomic E-state index is 12.0. The van der Waals surface area contributed by atoms with Crippen LogP contribution < -0.4 is 5.32 Å². The molecule has 0 saturated carbocycles. The van der Waals surface area contributed by atoms with Crippen LogP contribution in [0.3, 0.4) is 0 Å². The van der Waals surface area contributed by atoms with Crippen molar-refractivity contribution in [1.29, 1.82) is 0 Å². The molecule has 15 heavy (non-hydrogen) atoms. The highest BCUT2D eigenvalue weighted by atomic mass is 19.4. The van der Waals surface area contributed by atoms with Crippen molar-refractivity contribution >= 4 is 5.97 Å². The monoisotopic (exact) mass is 224 g/mol. The van der Waals surface area contributed by atoms with Crippen molar-refractivity contribution in [2.24, 2.45) is 0 Å². The summed E-state index contributed by atoms with van der Waals surface area (Å²) in [5.74, 6) is -2.11. The van der Waals surface area contributed by atoms with Gasteiger partial charge in [0.05, 0.1) is 6.54 Å². The Kier molecular flexibility index (Phi) is 2.20. The van der Waals surface area contributed by atoms with Crippen LogP contribution in [0.2, 0.25) is 0 Å². The Bertz CT molecular complexity index is 294. The topological polar surface area (TPSA) is 41.6 Å². The summed E-state index contributed by atoms with van der Waals surface area (Å²) in [4.78, 5) is 12.4. The standard InChI is InChI=1S/C8H11F3N2O2/c1-13-3-5-2-7(13,4-12-5)15-6(14)8(9,10)11/h5,12H,2-4H2,1H3/t5-,7-/m0/s1. The number of rotatable bonds is 1. The van der Waals surface area contributed by atoms with Crippen molar-refractivity contribution in [1.82, 2.24) is 10.2 Å². The van der Waals surface area contributed by atoms with Crippen molar-refractivity contribution < 1.29 is 22.7 Å². The smallest absolute Gasteiger partial charge is 0.436 e. The predicted octanol–water partition coefficient (Wildman–Crippen LogP) is 0.0955. The molecule has 1 N–H and O–H groups in total. The van der Waals surface area contributed by atoms with E-state index < -0.39 is 17.9 Å². The van der Waals surface area contributed by atoms with Gasteiger partial charge < -0.3 is 10.1 Å². The van der Waals surface area contributed by atoms with Crippen LogP contribution in [-0.4, -0.2) is 48.9 Å². The average molecular weight is 224 g/mol. The van der Waals surface area contributed by atoms with E-state index in [1.165, 1.54) is 0 Å². The van der Waals surface area contributed by atoms with Gasteiger partial charge >= 0.3 is 12.1 Å². The maximum atomic E-state index is 12.0. The van der Waals surface area contributed by atoms with Crippen molar-refractivity contribution in [3.05, 3.63) is 0 Å². The molecule has 0 aromatic carbocycles. The summed E-state index contributed by atoms with van der Waals surface area (Å²) in [5, 5.41) is 3.00. The molecule has 2 aliphatic heterocycles. The summed E-state index contributed by atoms with van der Waals surface area (Å²) in [7, 11) is 1.66. The molecule has 2 aliphatic rings. The molecular weight excluding hydrogens is 213 g/mol. The average Bonchev–Trinajstić information content (AvgIpc) is 2.59. The second kappa shape index (κ2) is 3.08. The lowest BCUT2D eigenvalue weighted by molar-refractivity contribution is -0.224. The van der Waals surface area contributed by atoms with Gasteiger partial charge in [-0.25, -0.2) is 4.79 Å². The van der Waals surface area contributed by atoms with Gasteiger partial charge in [-0.3, -0.25) is 4.90 Å². The van der Waals surface area contributed by atoms with E-state index in [0.717, 1.165) is 0 Å². The fourth-order valence-corrected chi connectivity index (χ4v) is 2.14. The van der Waals surface area contributed by atoms with Crippen LogP contribution in [0.15, 0.2) is 0 Å². The summed E-state index contributed by atoms with van der Waals surface area (Å²) in [6, 6.07) is 0.121. The molecule has 0 amide bonds. The van der Waals surface area contributed by atoms with Gasteiger partial charge in [-0.15, -0.1) is 0 Å². The second-order valence-corrected chi connectivity index (χ2v) is 4.00. The second-order valence-electron chi connectivity index (χ2n) is 4.00. The van der Waals surface area contributed by atoms with Crippen LogP contribution >= 0.6 is 0 Å². The summed E-state index contributed by atoms with van der Waals surface area (Å²) in [5.41, 5.74) is -1.10. The van der Waals surface area contributed by atoms with Gasteiger partial charge in [0.25, 0.3) is 0 Å². The van der Waals surface area contributed by atoms with E-state index in [0.29, 0.717) is 13.0 Å². The number of ether oxygens (including phenoxy) is 1. The van der Waals surface area contributed by atoms with Gasteiger partial charge in [-0.1, -0.05) is 0 Å². The highest BCUT2D eigenvalue weighted by molar-refractivity contribution is 5.76. The number of nitrogens with one attached hydrogen (secondary N) is 1. The lowest BCUT2D eigenvalue weighted by Gasteiger charge is -2.35. The molecule has 2 heterocycles. The predicted molar refractivity (Wildman–Crippen MR) is 43.9 cm³/mol. The molecule has 7 heteroatoms. The number of carbonyl (C=O) groups excluding carboxylic acids is 1. The third-order valence-corrected chi connectivity index (χ3v) is 2.94. The lowest BCUT2D eigenvalue weighted by Crippen LogP contribution is -2.54. The molecule has 0 radical (unpaired) electrons. The zero-order valence-corrected chi connectivity index (χ0v) is 8.10. The van der Waals surface area contributed by atoms with E-state index in [4.69, 9.17) is 0 Å². The Balaban J connectivity index is 2.08. The third kappa shape index (κ3) is 1.69. The number of piperazine rings is 1. The quantitative estimate of drug-likeness (QED) is 0.641. The van der Waals surface area contributed by atoms with E-state index >= 15 is 0 Å². The van der Waals surface area contributed by atoms with Gasteiger partial charge in [0.15, 0.2) is 5.72 Å². The Morgan fingerprint density at radius 3 is 2.67 bits per heavy atom. The summed E-state index contributed by atoms with van der Waals surface area (Å²) in [6.45, 7) is 0.862. The lowest BCUT2D eigenvalue weighted by atomic mass is 10.2. The first kappa shape index (κ1) is 10.7. The number of halogens is 3. The van der Waals surface area contributed by atoms with Gasteiger partial charge in [0.2, 0.25) is 0 Å². The molecule has 2 saturated heterocycles. The van der Waals surface area contributed by atoms with Crippen LogP contribution in [-0.2, 0) is 9.53 Å². The number of alkyl halides is 3. The molecule has 2 fully saturated rings. The van der Waals surface area contributed by atoms with Crippen molar-refractivity contribution in [3.63, 3.8) is 0 Å². The van der Waals surface area contributed by atoms with Crippen molar-refractivity contribution in [2.45, 2.75) is 24.4 Å². The molecule has 2 atom stereocenters. The minimum atomic E-state index is -4.92. The van der Waals surface area contributed by atoms with Crippen LogP contribution in [0, 0.1) is 0 Å². The number of hydrogen-bond acceptors (Lipinski definition) is 4. The first-order valence-electron chi connectivity index (χ1n) is 4.58. The molecule has 86 valence electrons. The normalized spacial score (nSPS) is 35.9. The summed E-state index contributed by atoms with van der Waals surface area (Å²) in [6.07, 6.45) is -4.50. The molecule has 2 bridgehead atoms. The number of fused-ring (bicyclic) bond motifs is 2. The van der Waals surface area contributed by atoms with Crippen LogP contribution in [0.4, 0.5) is 13.2 Å². The number of likely N-dealkylation sites (N-methyl/N-ethyl adjacent to an activating group) is 1. The van der Waals surface area contributed by atoms with E-state index in [1.807, 2.05) is 0 Å². The molecule has 0 spiro atoms. The first-order chi connectivity index (χ1) is 6.83. The molecular formula is C8H11F3N2O2. The third-order valence-electron chi connectivity index (χ3n) is 2.94. The molecule has 0 aliphatic carbocycles.